The number of hydrogen-bond donors (Lipinski definition) is 0. The number of carbonyl (C=O) groups is 1. The minimum atomic E-state index is 0.0457. The molecule has 0 spiro atoms. The van der Waals surface area contributed by atoms with Gasteiger partial charge in [0.05, 0.1) is 15.6 Å². The Hall–Kier alpha value is -0.980. The molecule has 2 aliphatic rings. The molecule has 1 aromatic carbocycles. The van der Waals surface area contributed by atoms with Crippen molar-refractivity contribution >= 4 is 51.7 Å². The number of thiocarbonyl (C=S) groups is 1. The first-order valence-electron chi connectivity index (χ1n) is 6.42. The quantitative estimate of drug-likeness (QED) is 0.597. The second-order valence-corrected chi connectivity index (χ2v) is 6.97. The molecule has 1 aromatic rings. The van der Waals surface area contributed by atoms with Crippen molar-refractivity contribution < 1.29 is 4.79 Å². The average Bonchev–Trinajstić information content (AvgIpc) is 2.92. The van der Waals surface area contributed by atoms with Gasteiger partial charge in [0, 0.05) is 18.5 Å². The number of nitrogens with zero attached hydrogens (tertiary/aromatic N) is 2. The predicted octanol–water partition coefficient (Wildman–Crippen LogP) is 4.30. The molecule has 0 radical (unpaired) electrons. The van der Waals surface area contributed by atoms with Crippen molar-refractivity contribution in [1.29, 1.82) is 0 Å². The second kappa shape index (κ2) is 5.42. The van der Waals surface area contributed by atoms with Crippen molar-refractivity contribution in [3.8, 4) is 0 Å². The van der Waals surface area contributed by atoms with Crippen molar-refractivity contribution in [2.24, 2.45) is 0 Å². The van der Waals surface area contributed by atoms with E-state index in [9.17, 15) is 4.79 Å². The maximum atomic E-state index is 12.1. The zero-order chi connectivity index (χ0) is 14.3. The summed E-state index contributed by atoms with van der Waals surface area (Å²) in [6.07, 6.45) is 0.915. The highest BCUT2D eigenvalue weighted by Crippen LogP contribution is 2.49. The topological polar surface area (TPSA) is 23.6 Å². The molecule has 0 N–H and O–H groups in total. The zero-order valence-corrected chi connectivity index (χ0v) is 13.7. The molecule has 1 amide bonds. The van der Waals surface area contributed by atoms with Crippen LogP contribution in [-0.4, -0.2) is 28.7 Å². The van der Waals surface area contributed by atoms with E-state index in [2.05, 4.69) is 24.0 Å². The van der Waals surface area contributed by atoms with E-state index in [4.69, 9.17) is 12.2 Å². The molecule has 6 heteroatoms. The Kier molecular flexibility index (Phi) is 3.79. The van der Waals surface area contributed by atoms with Crippen LogP contribution < -0.4 is 4.90 Å². The fourth-order valence-electron chi connectivity index (χ4n) is 2.24. The average molecular weight is 322 g/mol. The summed E-state index contributed by atoms with van der Waals surface area (Å²) < 4.78 is 0. The van der Waals surface area contributed by atoms with Crippen molar-refractivity contribution in [1.82, 2.24) is 4.90 Å². The Balaban J connectivity index is 1.98. The molecule has 104 valence electrons. The molecule has 2 aliphatic heterocycles. The van der Waals surface area contributed by atoms with Crippen molar-refractivity contribution in [2.45, 2.75) is 18.2 Å². The van der Waals surface area contributed by atoms with Crippen LogP contribution in [0.3, 0.4) is 0 Å². The molecule has 0 aliphatic carbocycles. The Labute approximate surface area is 132 Å². The lowest BCUT2D eigenvalue weighted by atomic mass is 10.3. The van der Waals surface area contributed by atoms with Gasteiger partial charge in [0.2, 0.25) is 0 Å². The molecule has 20 heavy (non-hydrogen) atoms. The smallest absolute Gasteiger partial charge is 0.291 e. The van der Waals surface area contributed by atoms with E-state index in [0.29, 0.717) is 11.5 Å². The highest BCUT2D eigenvalue weighted by atomic mass is 32.2. The molecule has 0 unspecified atom stereocenters. The highest BCUT2D eigenvalue weighted by molar-refractivity contribution is 8.20. The van der Waals surface area contributed by atoms with E-state index in [-0.39, 0.29) is 5.24 Å². The van der Waals surface area contributed by atoms with Gasteiger partial charge in [-0.1, -0.05) is 43.0 Å². The molecular formula is C14H14N2OS3. The third kappa shape index (κ3) is 2.16. The maximum absolute atomic E-state index is 12.1. The monoisotopic (exact) mass is 322 g/mol. The van der Waals surface area contributed by atoms with Crippen molar-refractivity contribution in [3.63, 3.8) is 0 Å². The summed E-state index contributed by atoms with van der Waals surface area (Å²) in [7, 11) is 2.03. The number of fused-ring (bicyclic) bond motifs is 1. The van der Waals surface area contributed by atoms with E-state index >= 15 is 0 Å². The first kappa shape index (κ1) is 14.0. The molecule has 0 saturated carbocycles. The van der Waals surface area contributed by atoms with Gasteiger partial charge in [0.1, 0.15) is 4.99 Å². The summed E-state index contributed by atoms with van der Waals surface area (Å²) in [6, 6.07) is 8.24. The first-order valence-corrected chi connectivity index (χ1v) is 8.46. The fourth-order valence-corrected chi connectivity index (χ4v) is 4.99. The highest BCUT2D eigenvalue weighted by Gasteiger charge is 2.36. The van der Waals surface area contributed by atoms with Crippen LogP contribution in [0.2, 0.25) is 0 Å². The molecule has 3 nitrogen and oxygen atoms in total. The number of carbonyl (C=O) groups excluding carboxylic acids is 1. The van der Waals surface area contributed by atoms with Gasteiger partial charge in [-0.2, -0.15) is 0 Å². The maximum Gasteiger partial charge on any atom is 0.291 e. The lowest BCUT2D eigenvalue weighted by Crippen LogP contribution is -2.28. The summed E-state index contributed by atoms with van der Waals surface area (Å²) in [5.41, 5.74) is 1.17. The van der Waals surface area contributed by atoms with Crippen LogP contribution in [0.1, 0.15) is 13.3 Å². The number of para-hydroxylation sites is 1. The zero-order valence-electron chi connectivity index (χ0n) is 11.3. The number of anilines is 1. The van der Waals surface area contributed by atoms with Crippen LogP contribution in [0.15, 0.2) is 39.1 Å². The number of benzene rings is 1. The van der Waals surface area contributed by atoms with Gasteiger partial charge in [-0.05, 0) is 30.3 Å². The van der Waals surface area contributed by atoms with Gasteiger partial charge >= 0.3 is 0 Å². The molecule has 0 aromatic heterocycles. The van der Waals surface area contributed by atoms with E-state index in [1.54, 1.807) is 16.7 Å². The predicted molar refractivity (Wildman–Crippen MR) is 90.3 cm³/mol. The third-order valence-corrected chi connectivity index (χ3v) is 6.13. The van der Waals surface area contributed by atoms with E-state index in [1.165, 1.54) is 22.3 Å². The van der Waals surface area contributed by atoms with Crippen LogP contribution in [0.4, 0.5) is 10.5 Å². The third-order valence-electron chi connectivity index (χ3n) is 3.23. The summed E-state index contributed by atoms with van der Waals surface area (Å²) in [4.78, 5) is 18.7. The Morgan fingerprint density at radius 2 is 2.00 bits per heavy atom. The first-order chi connectivity index (χ1) is 9.63. The molecule has 2 heterocycles. The van der Waals surface area contributed by atoms with Crippen LogP contribution in [0, 0.1) is 0 Å². The van der Waals surface area contributed by atoms with Crippen LogP contribution in [0.5, 0.6) is 0 Å². The molecular weight excluding hydrogens is 308 g/mol. The summed E-state index contributed by atoms with van der Waals surface area (Å²) in [6.45, 7) is 2.75. The second-order valence-electron chi connectivity index (χ2n) is 4.59. The standard InChI is InChI=1S/C14H14N2OS3/c1-3-8-16-12(18)11(20-14(16)17)13-15(2)9-6-4-5-7-10(9)19-13/h4-7H,3,8H2,1-2H3/b13-11-. The summed E-state index contributed by atoms with van der Waals surface area (Å²) >= 11 is 8.43. The number of thioether (sulfide) groups is 2. The van der Waals surface area contributed by atoms with E-state index < -0.39 is 0 Å². The Bertz CT molecular complexity index is 627. The normalized spacial score (nSPS) is 21.9. The van der Waals surface area contributed by atoms with Gasteiger partial charge in [0.25, 0.3) is 5.24 Å². The minimum Gasteiger partial charge on any atom is -0.337 e. The van der Waals surface area contributed by atoms with Gasteiger partial charge in [0.15, 0.2) is 0 Å². The lowest BCUT2D eigenvalue weighted by Gasteiger charge is -2.16. The SMILES string of the molecule is CCCN1C(=O)S/C(=C2\Sc3ccccc3N2C)C1=S. The van der Waals surface area contributed by atoms with E-state index in [0.717, 1.165) is 16.4 Å². The lowest BCUT2D eigenvalue weighted by molar-refractivity contribution is 0.245. The van der Waals surface area contributed by atoms with Gasteiger partial charge in [-0.15, -0.1) is 0 Å². The minimum absolute atomic E-state index is 0.0457. The molecule has 1 saturated heterocycles. The Morgan fingerprint density at radius 3 is 2.70 bits per heavy atom. The fraction of sp³-hybridized carbons (Fsp3) is 0.286. The summed E-state index contributed by atoms with van der Waals surface area (Å²) in [5.74, 6) is 0. The summed E-state index contributed by atoms with van der Waals surface area (Å²) in [5, 5.41) is 1.11. The van der Waals surface area contributed by atoms with Gasteiger partial charge in [-0.25, -0.2) is 0 Å². The number of rotatable bonds is 2. The van der Waals surface area contributed by atoms with Crippen molar-refractivity contribution in [3.05, 3.63) is 34.2 Å². The van der Waals surface area contributed by atoms with Crippen LogP contribution >= 0.6 is 35.7 Å². The van der Waals surface area contributed by atoms with Crippen LogP contribution in [0.25, 0.3) is 0 Å². The van der Waals surface area contributed by atoms with Crippen molar-refractivity contribution in [2.75, 3.05) is 18.5 Å². The molecule has 3 rings (SSSR count). The van der Waals surface area contributed by atoms with Gasteiger partial charge < -0.3 is 4.90 Å². The molecule has 0 bridgehead atoms. The van der Waals surface area contributed by atoms with Gasteiger partial charge in [-0.3, -0.25) is 9.69 Å². The number of hydrogen-bond acceptors (Lipinski definition) is 5. The Morgan fingerprint density at radius 1 is 1.25 bits per heavy atom. The largest absolute Gasteiger partial charge is 0.337 e. The number of amides is 1. The van der Waals surface area contributed by atoms with E-state index in [1.807, 2.05) is 19.2 Å². The molecule has 0 atom stereocenters. The molecule has 1 fully saturated rings. The van der Waals surface area contributed by atoms with Crippen LogP contribution in [-0.2, 0) is 0 Å².